The Labute approximate surface area is 153 Å². The van der Waals surface area contributed by atoms with E-state index in [0.717, 1.165) is 5.56 Å². The van der Waals surface area contributed by atoms with Gasteiger partial charge in [-0.2, -0.15) is 4.31 Å². The standard InChI is InChI=1S/C12H16N2O2S3.Na.H/c1-10-2-4-11(5-3-10)19(15,16)14-8-6-13(7-9-14)12(17)18;;/h2-5H,6-9H2,1H3,(H,17,18);;. The molecule has 4 nitrogen and oxygen atoms in total. The average Bonchev–Trinajstić information content (AvgIpc) is 2.39. The maximum atomic E-state index is 12.4. The molecule has 0 unspecified atom stereocenters. The van der Waals surface area contributed by atoms with E-state index in [1.54, 1.807) is 12.1 Å². The molecule has 0 saturated carbocycles. The number of aryl methyl sites for hydroxylation is 1. The van der Waals surface area contributed by atoms with Crippen LogP contribution in [-0.2, 0) is 10.0 Å². The minimum absolute atomic E-state index is 0. The number of benzene rings is 1. The van der Waals surface area contributed by atoms with E-state index in [4.69, 9.17) is 12.2 Å². The Morgan fingerprint density at radius 1 is 1.15 bits per heavy atom. The van der Waals surface area contributed by atoms with Crippen LogP contribution in [0.15, 0.2) is 29.2 Å². The van der Waals surface area contributed by atoms with Crippen molar-refractivity contribution in [2.24, 2.45) is 0 Å². The maximum absolute atomic E-state index is 12.4. The molecule has 0 N–H and O–H groups in total. The minimum atomic E-state index is -3.39. The van der Waals surface area contributed by atoms with E-state index in [9.17, 15) is 8.42 Å². The third kappa shape index (κ3) is 4.19. The van der Waals surface area contributed by atoms with Crippen LogP contribution in [0.1, 0.15) is 5.56 Å². The first-order valence-electron chi connectivity index (χ1n) is 5.96. The topological polar surface area (TPSA) is 40.6 Å². The molecule has 1 saturated heterocycles. The molecule has 0 bridgehead atoms. The molecule has 0 aliphatic carbocycles. The van der Waals surface area contributed by atoms with E-state index >= 15 is 0 Å². The quantitative estimate of drug-likeness (QED) is 0.493. The van der Waals surface area contributed by atoms with Gasteiger partial charge in [0.2, 0.25) is 10.0 Å². The second kappa shape index (κ2) is 7.58. The van der Waals surface area contributed by atoms with Crippen LogP contribution in [0.3, 0.4) is 0 Å². The molecular weight excluding hydrogens is 323 g/mol. The second-order valence-electron chi connectivity index (χ2n) is 4.49. The molecule has 0 aromatic heterocycles. The fourth-order valence-electron chi connectivity index (χ4n) is 1.98. The van der Waals surface area contributed by atoms with Crippen LogP contribution in [0.4, 0.5) is 0 Å². The van der Waals surface area contributed by atoms with E-state index in [1.165, 1.54) is 4.31 Å². The van der Waals surface area contributed by atoms with Gasteiger partial charge >= 0.3 is 29.6 Å². The summed E-state index contributed by atoms with van der Waals surface area (Å²) in [6.07, 6.45) is 0. The van der Waals surface area contributed by atoms with Gasteiger partial charge in [0.1, 0.15) is 4.32 Å². The summed E-state index contributed by atoms with van der Waals surface area (Å²) in [6, 6.07) is 6.93. The third-order valence-corrected chi connectivity index (χ3v) is 5.62. The summed E-state index contributed by atoms with van der Waals surface area (Å²) in [5, 5.41) is 0. The summed E-state index contributed by atoms with van der Waals surface area (Å²) in [7, 11) is -3.39. The zero-order valence-corrected chi connectivity index (χ0v) is 13.1. The molecule has 0 spiro atoms. The predicted molar refractivity (Wildman–Crippen MR) is 90.2 cm³/mol. The number of hydrogen-bond acceptors (Lipinski definition) is 3. The SMILES string of the molecule is Cc1ccc(S(=O)(=O)N2CCN(C(=S)S)CC2)cc1.[NaH]. The fourth-order valence-corrected chi connectivity index (χ4v) is 3.78. The summed E-state index contributed by atoms with van der Waals surface area (Å²) in [5.74, 6) is 0. The van der Waals surface area contributed by atoms with Gasteiger partial charge in [-0.3, -0.25) is 0 Å². The van der Waals surface area contributed by atoms with Gasteiger partial charge < -0.3 is 4.90 Å². The van der Waals surface area contributed by atoms with E-state index in [-0.39, 0.29) is 29.6 Å². The van der Waals surface area contributed by atoms with Crippen molar-refractivity contribution in [3.05, 3.63) is 29.8 Å². The molecule has 1 aromatic carbocycles. The van der Waals surface area contributed by atoms with Crippen molar-refractivity contribution in [3.8, 4) is 0 Å². The molecule has 2 rings (SSSR count). The van der Waals surface area contributed by atoms with Crippen LogP contribution < -0.4 is 0 Å². The Kier molecular flexibility index (Phi) is 6.98. The zero-order valence-electron chi connectivity index (χ0n) is 10.6. The Balaban J connectivity index is 0.00000200. The van der Waals surface area contributed by atoms with Crippen LogP contribution in [-0.4, -0.2) is 77.7 Å². The van der Waals surface area contributed by atoms with Gasteiger partial charge in [-0.25, -0.2) is 8.42 Å². The number of hydrogen-bond donors (Lipinski definition) is 1. The first kappa shape index (κ1) is 18.4. The van der Waals surface area contributed by atoms with Crippen LogP contribution in [0.25, 0.3) is 0 Å². The summed E-state index contributed by atoms with van der Waals surface area (Å²) in [6.45, 7) is 4.00. The van der Waals surface area contributed by atoms with E-state index in [0.29, 0.717) is 35.4 Å². The first-order chi connectivity index (χ1) is 8.91. The number of thiol groups is 1. The van der Waals surface area contributed by atoms with Gasteiger partial charge in [-0.05, 0) is 19.1 Å². The molecule has 0 amide bonds. The molecule has 1 aromatic rings. The average molecular weight is 340 g/mol. The van der Waals surface area contributed by atoms with Gasteiger partial charge in [0.25, 0.3) is 0 Å². The molecule has 1 aliphatic rings. The van der Waals surface area contributed by atoms with Gasteiger partial charge in [0, 0.05) is 26.2 Å². The molecule has 0 radical (unpaired) electrons. The monoisotopic (exact) mass is 340 g/mol. The molecule has 8 heteroatoms. The summed E-state index contributed by atoms with van der Waals surface area (Å²) in [5.41, 5.74) is 1.05. The van der Waals surface area contributed by atoms with Crippen LogP contribution >= 0.6 is 24.8 Å². The van der Waals surface area contributed by atoms with Crippen molar-refractivity contribution in [2.45, 2.75) is 11.8 Å². The van der Waals surface area contributed by atoms with E-state index < -0.39 is 10.0 Å². The molecule has 1 heterocycles. The van der Waals surface area contributed by atoms with Crippen molar-refractivity contribution < 1.29 is 8.42 Å². The summed E-state index contributed by atoms with van der Waals surface area (Å²) >= 11 is 9.09. The van der Waals surface area contributed by atoms with Crippen LogP contribution in [0, 0.1) is 6.92 Å². The van der Waals surface area contributed by atoms with Crippen LogP contribution in [0.5, 0.6) is 0 Å². The number of sulfonamides is 1. The predicted octanol–water partition coefficient (Wildman–Crippen LogP) is 0.868. The zero-order chi connectivity index (χ0) is 14.0. The molecule has 0 atom stereocenters. The Morgan fingerprint density at radius 2 is 1.65 bits per heavy atom. The van der Waals surface area contributed by atoms with Crippen molar-refractivity contribution >= 4 is 68.7 Å². The van der Waals surface area contributed by atoms with Crippen molar-refractivity contribution in [3.63, 3.8) is 0 Å². The summed E-state index contributed by atoms with van der Waals surface area (Å²) in [4.78, 5) is 2.25. The number of nitrogens with zero attached hydrogens (tertiary/aromatic N) is 2. The Hall–Kier alpha value is 0.370. The fraction of sp³-hybridized carbons (Fsp3) is 0.417. The molecule has 1 aliphatic heterocycles. The Morgan fingerprint density at radius 3 is 2.10 bits per heavy atom. The van der Waals surface area contributed by atoms with Crippen LogP contribution in [0.2, 0.25) is 0 Å². The van der Waals surface area contributed by atoms with Crippen molar-refractivity contribution in [2.75, 3.05) is 26.2 Å². The number of rotatable bonds is 2. The molecule has 20 heavy (non-hydrogen) atoms. The first-order valence-corrected chi connectivity index (χ1v) is 8.25. The van der Waals surface area contributed by atoms with E-state index in [1.807, 2.05) is 24.0 Å². The summed E-state index contributed by atoms with van der Waals surface area (Å²) < 4.78 is 26.9. The molecule has 1 fully saturated rings. The van der Waals surface area contributed by atoms with Gasteiger partial charge in [0.05, 0.1) is 4.90 Å². The second-order valence-corrected chi connectivity index (χ2v) is 7.54. The van der Waals surface area contributed by atoms with Gasteiger partial charge in [-0.15, -0.1) is 12.6 Å². The Bertz CT molecular complexity index is 567. The molecule has 106 valence electrons. The molecular formula is C12H17N2NaO2S3. The van der Waals surface area contributed by atoms with Crippen molar-refractivity contribution in [1.82, 2.24) is 9.21 Å². The van der Waals surface area contributed by atoms with Gasteiger partial charge in [-0.1, -0.05) is 29.9 Å². The number of piperazine rings is 1. The normalized spacial score (nSPS) is 16.6. The third-order valence-electron chi connectivity index (χ3n) is 3.17. The van der Waals surface area contributed by atoms with E-state index in [2.05, 4.69) is 12.6 Å². The van der Waals surface area contributed by atoms with Gasteiger partial charge in [0.15, 0.2) is 0 Å². The van der Waals surface area contributed by atoms with Crippen molar-refractivity contribution in [1.29, 1.82) is 0 Å². The number of thiocarbonyl (C=S) groups is 1.